The number of aliphatic hydroxyl groups is 1. The van der Waals surface area contributed by atoms with Gasteiger partial charge in [-0.25, -0.2) is 0 Å². The Labute approximate surface area is 143 Å². The monoisotopic (exact) mass is 327 g/mol. The van der Waals surface area contributed by atoms with Crippen molar-refractivity contribution in [2.45, 2.75) is 46.1 Å². The van der Waals surface area contributed by atoms with Crippen LogP contribution in [0.15, 0.2) is 51.8 Å². The van der Waals surface area contributed by atoms with Gasteiger partial charge in [0.25, 0.3) is 0 Å². The van der Waals surface area contributed by atoms with Gasteiger partial charge in [0.15, 0.2) is 5.60 Å². The second-order valence-electron chi connectivity index (χ2n) is 5.64. The molecule has 0 saturated carbocycles. The van der Waals surface area contributed by atoms with Gasteiger partial charge in [0.2, 0.25) is 0 Å². The summed E-state index contributed by atoms with van der Waals surface area (Å²) in [6.45, 7) is 8.14. The van der Waals surface area contributed by atoms with Crippen LogP contribution in [0.5, 0.6) is 0 Å². The Bertz CT molecular complexity index is 714. The number of allylic oxidation sites excluding steroid dienone is 1. The molecule has 1 aromatic heterocycles. The third-order valence-corrected chi connectivity index (χ3v) is 4.80. The van der Waals surface area contributed by atoms with E-state index in [-0.39, 0.29) is 0 Å². The van der Waals surface area contributed by atoms with Crippen molar-refractivity contribution >= 4 is 17.6 Å². The molecule has 0 radical (unpaired) electrons. The van der Waals surface area contributed by atoms with E-state index in [2.05, 4.69) is 17.3 Å². The number of nitrogens with zero attached hydrogens (tertiary/aromatic N) is 1. The second-order valence-corrected chi connectivity index (χ2v) is 6.38. The minimum atomic E-state index is -1.21. The molecule has 0 saturated heterocycles. The van der Waals surface area contributed by atoms with Crippen LogP contribution in [0, 0.1) is 6.92 Å². The van der Waals surface area contributed by atoms with Crippen LogP contribution in [0.2, 0.25) is 0 Å². The standard InChI is InChI=1S/C20H25NOS/c1-5-11-21-19(7-3)20(22,17-10-8-9-15(4)12-17)18-14-23-13-16(18)6-2/h7-14,22H,5-6H2,1-4H3/b19-7-,21-11?. The van der Waals surface area contributed by atoms with E-state index in [1.54, 1.807) is 11.3 Å². The van der Waals surface area contributed by atoms with Crippen LogP contribution in [0.25, 0.3) is 0 Å². The van der Waals surface area contributed by atoms with Crippen LogP contribution in [-0.4, -0.2) is 11.3 Å². The van der Waals surface area contributed by atoms with Gasteiger partial charge < -0.3 is 5.11 Å². The summed E-state index contributed by atoms with van der Waals surface area (Å²) >= 11 is 1.63. The van der Waals surface area contributed by atoms with Crippen LogP contribution < -0.4 is 0 Å². The first-order valence-electron chi connectivity index (χ1n) is 8.12. The molecule has 23 heavy (non-hydrogen) atoms. The van der Waals surface area contributed by atoms with Crippen molar-refractivity contribution in [3.05, 3.63) is 69.1 Å². The van der Waals surface area contributed by atoms with Gasteiger partial charge in [-0.1, -0.05) is 49.8 Å². The Kier molecular flexibility index (Phi) is 5.91. The zero-order valence-electron chi connectivity index (χ0n) is 14.3. The number of thiophene rings is 1. The molecule has 122 valence electrons. The molecule has 1 atom stereocenters. The largest absolute Gasteiger partial charge is 0.374 e. The highest BCUT2D eigenvalue weighted by molar-refractivity contribution is 7.08. The fourth-order valence-corrected chi connectivity index (χ4v) is 3.78. The lowest BCUT2D eigenvalue weighted by atomic mass is 9.82. The normalized spacial score (nSPS) is 15.1. The predicted octanol–water partition coefficient (Wildman–Crippen LogP) is 5.24. The molecule has 0 aliphatic heterocycles. The predicted molar refractivity (Wildman–Crippen MR) is 100 cm³/mol. The Morgan fingerprint density at radius 1 is 1.30 bits per heavy atom. The maximum Gasteiger partial charge on any atom is 0.158 e. The van der Waals surface area contributed by atoms with Crippen molar-refractivity contribution in [1.29, 1.82) is 0 Å². The number of hydrogen-bond donors (Lipinski definition) is 1. The van der Waals surface area contributed by atoms with Crippen LogP contribution in [0.3, 0.4) is 0 Å². The molecule has 1 N–H and O–H groups in total. The van der Waals surface area contributed by atoms with E-state index >= 15 is 0 Å². The summed E-state index contributed by atoms with van der Waals surface area (Å²) in [5.41, 5.74) is 3.58. The minimum absolute atomic E-state index is 0.679. The van der Waals surface area contributed by atoms with E-state index in [0.29, 0.717) is 5.70 Å². The van der Waals surface area contributed by atoms with Crippen molar-refractivity contribution in [2.75, 3.05) is 0 Å². The number of hydrogen-bond acceptors (Lipinski definition) is 3. The molecule has 0 aliphatic carbocycles. The molecular weight excluding hydrogens is 302 g/mol. The van der Waals surface area contributed by atoms with Crippen molar-refractivity contribution in [2.24, 2.45) is 4.99 Å². The Morgan fingerprint density at radius 2 is 2.09 bits per heavy atom. The van der Waals surface area contributed by atoms with Gasteiger partial charge in [-0.15, -0.1) is 0 Å². The minimum Gasteiger partial charge on any atom is -0.374 e. The molecule has 0 bridgehead atoms. The lowest BCUT2D eigenvalue weighted by Crippen LogP contribution is -2.30. The lowest BCUT2D eigenvalue weighted by Gasteiger charge is -2.30. The SMILES string of the molecule is C/C=C(\N=CCC)C(O)(c1cccc(C)c1)c1cscc1CC. The molecule has 2 aromatic rings. The van der Waals surface area contributed by atoms with E-state index in [1.165, 1.54) is 5.56 Å². The van der Waals surface area contributed by atoms with Crippen molar-refractivity contribution in [3.8, 4) is 0 Å². The van der Waals surface area contributed by atoms with E-state index < -0.39 is 5.60 Å². The third-order valence-electron chi connectivity index (χ3n) is 4.01. The maximum absolute atomic E-state index is 11.8. The molecule has 2 nitrogen and oxygen atoms in total. The fraction of sp³-hybridized carbons (Fsp3) is 0.350. The molecule has 0 amide bonds. The van der Waals surface area contributed by atoms with Crippen molar-refractivity contribution in [3.63, 3.8) is 0 Å². The smallest absolute Gasteiger partial charge is 0.158 e. The topological polar surface area (TPSA) is 32.6 Å². The number of aryl methyl sites for hydroxylation is 2. The third kappa shape index (κ3) is 3.46. The summed E-state index contributed by atoms with van der Waals surface area (Å²) in [7, 11) is 0. The molecule has 2 rings (SSSR count). The van der Waals surface area contributed by atoms with Crippen molar-refractivity contribution in [1.82, 2.24) is 0 Å². The molecule has 3 heteroatoms. The molecule has 0 aliphatic rings. The lowest BCUT2D eigenvalue weighted by molar-refractivity contribution is 0.119. The molecule has 1 heterocycles. The van der Waals surface area contributed by atoms with Gasteiger partial charge in [0.05, 0.1) is 5.70 Å². The van der Waals surface area contributed by atoms with Crippen LogP contribution in [0.4, 0.5) is 0 Å². The Hall–Kier alpha value is -1.71. The molecule has 1 aromatic carbocycles. The number of benzene rings is 1. The van der Waals surface area contributed by atoms with E-state index in [0.717, 1.165) is 29.5 Å². The second kappa shape index (κ2) is 7.71. The first-order chi connectivity index (χ1) is 11.1. The summed E-state index contributed by atoms with van der Waals surface area (Å²) in [4.78, 5) is 4.56. The first-order valence-corrected chi connectivity index (χ1v) is 9.06. The number of aliphatic imine (C=N–C) groups is 1. The zero-order valence-corrected chi connectivity index (χ0v) is 15.2. The zero-order chi connectivity index (χ0) is 16.9. The highest BCUT2D eigenvalue weighted by atomic mass is 32.1. The first kappa shape index (κ1) is 17.6. The van der Waals surface area contributed by atoms with E-state index in [9.17, 15) is 5.11 Å². The summed E-state index contributed by atoms with van der Waals surface area (Å²) in [5.74, 6) is 0. The number of rotatable bonds is 6. The average molecular weight is 327 g/mol. The highest BCUT2D eigenvalue weighted by Crippen LogP contribution is 2.41. The molecule has 0 fully saturated rings. The average Bonchev–Trinajstić information content (AvgIpc) is 3.04. The van der Waals surface area contributed by atoms with Crippen LogP contribution in [-0.2, 0) is 12.0 Å². The van der Waals surface area contributed by atoms with Gasteiger partial charge in [-0.3, -0.25) is 4.99 Å². The van der Waals surface area contributed by atoms with E-state index in [4.69, 9.17) is 0 Å². The molecular formula is C20H25NOS. The fourth-order valence-electron chi connectivity index (χ4n) is 2.79. The summed E-state index contributed by atoms with van der Waals surface area (Å²) < 4.78 is 0. The summed E-state index contributed by atoms with van der Waals surface area (Å²) in [6, 6.07) is 8.06. The maximum atomic E-state index is 11.8. The Morgan fingerprint density at radius 3 is 2.70 bits per heavy atom. The van der Waals surface area contributed by atoms with Crippen LogP contribution in [0.1, 0.15) is 49.4 Å². The summed E-state index contributed by atoms with van der Waals surface area (Å²) in [5, 5.41) is 16.0. The highest BCUT2D eigenvalue weighted by Gasteiger charge is 2.37. The van der Waals surface area contributed by atoms with Gasteiger partial charge in [-0.2, -0.15) is 11.3 Å². The molecule has 0 spiro atoms. The van der Waals surface area contributed by atoms with Gasteiger partial charge in [0.1, 0.15) is 0 Å². The quantitative estimate of drug-likeness (QED) is 0.723. The van der Waals surface area contributed by atoms with Crippen LogP contribution >= 0.6 is 11.3 Å². The Balaban J connectivity index is 2.71. The van der Waals surface area contributed by atoms with E-state index in [1.807, 2.05) is 62.7 Å². The van der Waals surface area contributed by atoms with Gasteiger partial charge in [-0.05, 0) is 48.6 Å². The summed E-state index contributed by atoms with van der Waals surface area (Å²) in [6.07, 6.45) is 5.49. The van der Waals surface area contributed by atoms with Gasteiger partial charge in [0, 0.05) is 11.8 Å². The van der Waals surface area contributed by atoms with Gasteiger partial charge >= 0.3 is 0 Å². The molecule has 1 unspecified atom stereocenters. The van der Waals surface area contributed by atoms with Crippen molar-refractivity contribution < 1.29 is 5.11 Å².